The summed E-state index contributed by atoms with van der Waals surface area (Å²) >= 11 is 0. The molecule has 5 rings (SSSR count). The Hall–Kier alpha value is -2.47. The number of aromatic nitrogens is 2. The first-order chi connectivity index (χ1) is 12.7. The minimum absolute atomic E-state index is 0.248. The van der Waals surface area contributed by atoms with Crippen LogP contribution in [0.4, 0.5) is 5.69 Å². The van der Waals surface area contributed by atoms with Crippen LogP contribution in [0.1, 0.15) is 34.5 Å². The van der Waals surface area contributed by atoms with Gasteiger partial charge < -0.3 is 14.5 Å². The van der Waals surface area contributed by atoms with Gasteiger partial charge in [0.25, 0.3) is 0 Å². The molecular weight excluding hydrogens is 328 g/mol. The topological polar surface area (TPSA) is 58.6 Å². The molecule has 0 bridgehead atoms. The molecule has 0 aromatic carbocycles. The van der Waals surface area contributed by atoms with Crippen molar-refractivity contribution in [3.63, 3.8) is 0 Å². The Morgan fingerprint density at radius 1 is 1.15 bits per heavy atom. The van der Waals surface area contributed by atoms with Crippen LogP contribution >= 0.6 is 0 Å². The largest absolute Gasteiger partial charge is 0.371 e. The Bertz CT molecular complexity index is 862. The van der Waals surface area contributed by atoms with Gasteiger partial charge in [-0.15, -0.1) is 0 Å². The number of hydrogen-bond acceptors (Lipinski definition) is 5. The van der Waals surface area contributed by atoms with Crippen LogP contribution in [-0.2, 0) is 35.8 Å². The lowest BCUT2D eigenvalue weighted by atomic mass is 9.95. The number of rotatable bonds is 3. The lowest BCUT2D eigenvalue weighted by Crippen LogP contribution is -2.48. The Morgan fingerprint density at radius 3 is 2.77 bits per heavy atom. The van der Waals surface area contributed by atoms with Crippen molar-refractivity contribution >= 4 is 11.6 Å². The quantitative estimate of drug-likeness (QED) is 0.849. The van der Waals surface area contributed by atoms with Crippen LogP contribution in [0.15, 0.2) is 24.5 Å². The van der Waals surface area contributed by atoms with Gasteiger partial charge in [-0.3, -0.25) is 14.8 Å². The van der Waals surface area contributed by atoms with E-state index in [1.54, 1.807) is 0 Å². The molecule has 1 amide bonds. The monoisotopic (exact) mass is 350 g/mol. The zero-order chi connectivity index (χ0) is 17.7. The minimum atomic E-state index is 0.248. The van der Waals surface area contributed by atoms with E-state index in [1.165, 1.54) is 22.4 Å². The number of amides is 1. The first-order valence-corrected chi connectivity index (χ1v) is 9.19. The zero-order valence-electron chi connectivity index (χ0n) is 14.9. The molecule has 6 nitrogen and oxygen atoms in total. The van der Waals surface area contributed by atoms with Gasteiger partial charge in [-0.25, -0.2) is 0 Å². The molecule has 0 aliphatic carbocycles. The van der Waals surface area contributed by atoms with Crippen molar-refractivity contribution in [2.24, 2.45) is 5.92 Å². The van der Waals surface area contributed by atoms with E-state index in [0.717, 1.165) is 24.5 Å². The standard InChI is InChI=1S/C20H22N4O2/c1-13-16-9-24(10-18(16)22-19-12-26-11-17(13)19)20(25)6-14-7-23(8-14)15-2-4-21-5-3-15/h2-5,14H,6-12H2,1H3. The second-order valence-electron chi connectivity index (χ2n) is 7.51. The van der Waals surface area contributed by atoms with Gasteiger partial charge in [0.15, 0.2) is 0 Å². The summed E-state index contributed by atoms with van der Waals surface area (Å²) in [5.41, 5.74) is 7.04. The number of pyridine rings is 2. The number of ether oxygens (including phenoxy) is 1. The van der Waals surface area contributed by atoms with Gasteiger partial charge in [-0.05, 0) is 30.2 Å². The average Bonchev–Trinajstić information content (AvgIpc) is 3.25. The highest BCUT2D eigenvalue weighted by atomic mass is 16.5. The van der Waals surface area contributed by atoms with E-state index in [-0.39, 0.29) is 5.91 Å². The Kier molecular flexibility index (Phi) is 3.67. The molecule has 2 aromatic rings. The summed E-state index contributed by atoms with van der Waals surface area (Å²) in [6.45, 7) is 6.62. The first-order valence-electron chi connectivity index (χ1n) is 9.19. The maximum absolute atomic E-state index is 12.8. The van der Waals surface area contributed by atoms with E-state index in [2.05, 4.69) is 16.8 Å². The van der Waals surface area contributed by atoms with E-state index < -0.39 is 0 Å². The Morgan fingerprint density at radius 2 is 1.96 bits per heavy atom. The number of nitrogens with zero attached hydrogens (tertiary/aromatic N) is 4. The molecule has 0 atom stereocenters. The molecule has 1 fully saturated rings. The molecule has 0 unspecified atom stereocenters. The smallest absolute Gasteiger partial charge is 0.223 e. The molecule has 26 heavy (non-hydrogen) atoms. The molecule has 134 valence electrons. The van der Waals surface area contributed by atoms with Gasteiger partial charge in [0.05, 0.1) is 31.1 Å². The maximum Gasteiger partial charge on any atom is 0.223 e. The van der Waals surface area contributed by atoms with Gasteiger partial charge in [0.1, 0.15) is 0 Å². The van der Waals surface area contributed by atoms with E-state index >= 15 is 0 Å². The molecular formula is C20H22N4O2. The van der Waals surface area contributed by atoms with Crippen LogP contribution in [-0.4, -0.2) is 33.9 Å². The molecule has 1 saturated heterocycles. The molecule has 0 spiro atoms. The lowest BCUT2D eigenvalue weighted by Gasteiger charge is -2.41. The van der Waals surface area contributed by atoms with E-state index in [4.69, 9.17) is 9.72 Å². The number of anilines is 1. The van der Waals surface area contributed by atoms with Crippen LogP contribution < -0.4 is 4.90 Å². The molecule has 5 heterocycles. The summed E-state index contributed by atoms with van der Waals surface area (Å²) in [5.74, 6) is 0.685. The molecule has 0 saturated carbocycles. The fraction of sp³-hybridized carbons (Fsp3) is 0.450. The third kappa shape index (κ3) is 2.56. The number of carbonyl (C=O) groups excluding carboxylic acids is 1. The summed E-state index contributed by atoms with van der Waals surface area (Å²) < 4.78 is 5.52. The third-order valence-electron chi connectivity index (χ3n) is 5.85. The van der Waals surface area contributed by atoms with Crippen LogP contribution in [0.3, 0.4) is 0 Å². The highest BCUT2D eigenvalue weighted by Gasteiger charge is 2.34. The van der Waals surface area contributed by atoms with Gasteiger partial charge in [-0.2, -0.15) is 0 Å². The molecule has 6 heteroatoms. The lowest BCUT2D eigenvalue weighted by molar-refractivity contribution is -0.133. The van der Waals surface area contributed by atoms with Crippen LogP contribution in [0.25, 0.3) is 0 Å². The van der Waals surface area contributed by atoms with Crippen molar-refractivity contribution in [2.45, 2.75) is 39.6 Å². The average molecular weight is 350 g/mol. The Balaban J connectivity index is 1.21. The summed E-state index contributed by atoms with van der Waals surface area (Å²) in [7, 11) is 0. The minimum Gasteiger partial charge on any atom is -0.371 e. The second kappa shape index (κ2) is 6.06. The normalized spacial score (nSPS) is 18.7. The van der Waals surface area contributed by atoms with Crippen molar-refractivity contribution in [1.82, 2.24) is 14.9 Å². The van der Waals surface area contributed by atoms with Crippen molar-refractivity contribution in [3.8, 4) is 0 Å². The number of fused-ring (bicyclic) bond motifs is 2. The van der Waals surface area contributed by atoms with Crippen LogP contribution in [0.2, 0.25) is 0 Å². The second-order valence-corrected chi connectivity index (χ2v) is 7.51. The Labute approximate surface area is 152 Å². The van der Waals surface area contributed by atoms with Crippen molar-refractivity contribution in [2.75, 3.05) is 18.0 Å². The molecule has 3 aliphatic rings. The highest BCUT2D eigenvalue weighted by Crippen LogP contribution is 2.33. The summed E-state index contributed by atoms with van der Waals surface area (Å²) in [5, 5.41) is 0. The SMILES string of the molecule is Cc1c2c(nc3c1CN(C(=O)CC1CN(c4ccncc4)C1)C3)COC2. The zero-order valence-corrected chi connectivity index (χ0v) is 14.9. The van der Waals surface area contributed by atoms with Crippen molar-refractivity contribution in [3.05, 3.63) is 52.6 Å². The summed E-state index contributed by atoms with van der Waals surface area (Å²) in [6.07, 6.45) is 4.25. The fourth-order valence-corrected chi connectivity index (χ4v) is 4.26. The van der Waals surface area contributed by atoms with E-state index in [1.807, 2.05) is 29.4 Å². The summed E-state index contributed by atoms with van der Waals surface area (Å²) in [6, 6.07) is 4.04. The van der Waals surface area contributed by atoms with Gasteiger partial charge >= 0.3 is 0 Å². The van der Waals surface area contributed by atoms with Gasteiger partial charge in [0, 0.05) is 55.6 Å². The van der Waals surface area contributed by atoms with Gasteiger partial charge in [-0.1, -0.05) is 0 Å². The van der Waals surface area contributed by atoms with E-state index in [0.29, 0.717) is 38.6 Å². The molecule has 2 aromatic heterocycles. The predicted molar refractivity (Wildman–Crippen MR) is 96.3 cm³/mol. The fourth-order valence-electron chi connectivity index (χ4n) is 4.26. The number of hydrogen-bond donors (Lipinski definition) is 0. The van der Waals surface area contributed by atoms with Crippen molar-refractivity contribution in [1.29, 1.82) is 0 Å². The molecule has 0 radical (unpaired) electrons. The van der Waals surface area contributed by atoms with Crippen molar-refractivity contribution < 1.29 is 9.53 Å². The van der Waals surface area contributed by atoms with E-state index in [9.17, 15) is 4.79 Å². The number of carbonyl (C=O) groups is 1. The predicted octanol–water partition coefficient (Wildman–Crippen LogP) is 2.18. The van der Waals surface area contributed by atoms with Gasteiger partial charge in [0.2, 0.25) is 5.91 Å². The highest BCUT2D eigenvalue weighted by molar-refractivity contribution is 5.77. The molecule has 0 N–H and O–H groups in total. The summed E-state index contributed by atoms with van der Waals surface area (Å²) in [4.78, 5) is 25.9. The maximum atomic E-state index is 12.8. The van der Waals surface area contributed by atoms with Crippen LogP contribution in [0, 0.1) is 12.8 Å². The molecule has 3 aliphatic heterocycles. The third-order valence-corrected chi connectivity index (χ3v) is 5.85. The first kappa shape index (κ1) is 15.8. The van der Waals surface area contributed by atoms with Crippen LogP contribution in [0.5, 0.6) is 0 Å².